The molecule has 1 fully saturated rings. The second-order valence-electron chi connectivity index (χ2n) is 6.54. The van der Waals surface area contributed by atoms with E-state index in [1.54, 1.807) is 0 Å². The molecular weight excluding hydrogens is 284 g/mol. The summed E-state index contributed by atoms with van der Waals surface area (Å²) >= 11 is 0. The molecule has 2 atom stereocenters. The SMILES string of the molecule is Cc1nc(-c2ccccc2)ccc1C(=O)N[C@@H]1CCCC[C@H]1C. The third kappa shape index (κ3) is 3.61. The summed E-state index contributed by atoms with van der Waals surface area (Å²) in [6.07, 6.45) is 4.77. The molecule has 3 nitrogen and oxygen atoms in total. The lowest BCUT2D eigenvalue weighted by molar-refractivity contribution is 0.0909. The number of aryl methyl sites for hydroxylation is 1. The van der Waals surface area contributed by atoms with E-state index in [-0.39, 0.29) is 5.91 Å². The monoisotopic (exact) mass is 308 g/mol. The van der Waals surface area contributed by atoms with Crippen molar-refractivity contribution in [3.05, 3.63) is 53.7 Å². The zero-order chi connectivity index (χ0) is 16.2. The van der Waals surface area contributed by atoms with Crippen molar-refractivity contribution < 1.29 is 4.79 Å². The van der Waals surface area contributed by atoms with Gasteiger partial charge in [0.05, 0.1) is 17.0 Å². The van der Waals surface area contributed by atoms with Crippen LogP contribution in [-0.2, 0) is 0 Å². The van der Waals surface area contributed by atoms with Crippen LogP contribution in [0.2, 0.25) is 0 Å². The van der Waals surface area contributed by atoms with Crippen LogP contribution >= 0.6 is 0 Å². The first kappa shape index (κ1) is 15.7. The quantitative estimate of drug-likeness (QED) is 0.915. The molecule has 0 bridgehead atoms. The van der Waals surface area contributed by atoms with Gasteiger partial charge >= 0.3 is 0 Å². The van der Waals surface area contributed by atoms with E-state index in [1.165, 1.54) is 19.3 Å². The van der Waals surface area contributed by atoms with Gasteiger partial charge in [-0.25, -0.2) is 0 Å². The van der Waals surface area contributed by atoms with Crippen molar-refractivity contribution in [3.8, 4) is 11.3 Å². The molecule has 0 unspecified atom stereocenters. The summed E-state index contributed by atoms with van der Waals surface area (Å²) in [4.78, 5) is 17.2. The highest BCUT2D eigenvalue weighted by Crippen LogP contribution is 2.24. The van der Waals surface area contributed by atoms with E-state index < -0.39 is 0 Å². The number of nitrogens with zero attached hydrogens (tertiary/aromatic N) is 1. The number of hydrogen-bond donors (Lipinski definition) is 1. The number of benzene rings is 1. The van der Waals surface area contributed by atoms with Crippen molar-refractivity contribution in [1.82, 2.24) is 10.3 Å². The molecular formula is C20H24N2O. The summed E-state index contributed by atoms with van der Waals surface area (Å²) in [5.41, 5.74) is 3.45. The summed E-state index contributed by atoms with van der Waals surface area (Å²) in [5, 5.41) is 3.21. The molecule has 3 heteroatoms. The standard InChI is InChI=1S/C20H24N2O/c1-14-8-6-7-11-18(14)22-20(23)17-12-13-19(21-15(17)2)16-9-4-3-5-10-16/h3-5,9-10,12-14,18H,6-8,11H2,1-2H3,(H,22,23)/t14-,18-/m1/s1. The minimum atomic E-state index is 0.00774. The zero-order valence-electron chi connectivity index (χ0n) is 13.9. The van der Waals surface area contributed by atoms with Gasteiger partial charge in [-0.2, -0.15) is 0 Å². The molecule has 1 aromatic heterocycles. The maximum atomic E-state index is 12.6. The maximum absolute atomic E-state index is 12.6. The number of nitrogens with one attached hydrogen (secondary N) is 1. The molecule has 1 aliphatic rings. The van der Waals surface area contributed by atoms with Crippen molar-refractivity contribution in [3.63, 3.8) is 0 Å². The first-order chi connectivity index (χ1) is 11.1. The van der Waals surface area contributed by atoms with Gasteiger partial charge in [-0.05, 0) is 37.8 Å². The number of rotatable bonds is 3. The predicted octanol–water partition coefficient (Wildman–Crippen LogP) is 4.37. The highest BCUT2D eigenvalue weighted by Gasteiger charge is 2.24. The minimum Gasteiger partial charge on any atom is -0.349 e. The van der Waals surface area contributed by atoms with Crippen LogP contribution < -0.4 is 5.32 Å². The molecule has 0 saturated heterocycles. The number of carbonyl (C=O) groups is 1. The van der Waals surface area contributed by atoms with Gasteiger partial charge < -0.3 is 5.32 Å². The predicted molar refractivity (Wildman–Crippen MR) is 93.3 cm³/mol. The van der Waals surface area contributed by atoms with E-state index in [1.807, 2.05) is 49.4 Å². The van der Waals surface area contributed by atoms with Gasteiger partial charge in [0, 0.05) is 11.6 Å². The number of pyridine rings is 1. The molecule has 1 saturated carbocycles. The highest BCUT2D eigenvalue weighted by atomic mass is 16.1. The van der Waals surface area contributed by atoms with E-state index in [2.05, 4.69) is 17.2 Å². The lowest BCUT2D eigenvalue weighted by Gasteiger charge is -2.29. The van der Waals surface area contributed by atoms with Gasteiger partial charge in [-0.15, -0.1) is 0 Å². The van der Waals surface area contributed by atoms with E-state index in [9.17, 15) is 4.79 Å². The van der Waals surface area contributed by atoms with E-state index in [4.69, 9.17) is 0 Å². The van der Waals surface area contributed by atoms with E-state index >= 15 is 0 Å². The van der Waals surface area contributed by atoms with Crippen LogP contribution in [0.15, 0.2) is 42.5 Å². The molecule has 1 aliphatic carbocycles. The third-order valence-electron chi connectivity index (χ3n) is 4.83. The molecule has 0 spiro atoms. The van der Waals surface area contributed by atoms with Crippen molar-refractivity contribution >= 4 is 5.91 Å². The molecule has 1 N–H and O–H groups in total. The second kappa shape index (κ2) is 6.95. The molecule has 1 aromatic carbocycles. The smallest absolute Gasteiger partial charge is 0.253 e. The van der Waals surface area contributed by atoms with Gasteiger partial charge in [0.1, 0.15) is 0 Å². The third-order valence-corrected chi connectivity index (χ3v) is 4.83. The van der Waals surface area contributed by atoms with Crippen LogP contribution in [0.1, 0.15) is 48.7 Å². The number of amides is 1. The highest BCUT2D eigenvalue weighted by molar-refractivity contribution is 5.95. The van der Waals surface area contributed by atoms with Gasteiger partial charge in [-0.1, -0.05) is 50.1 Å². The van der Waals surface area contributed by atoms with E-state index in [0.717, 1.165) is 23.4 Å². The first-order valence-electron chi connectivity index (χ1n) is 8.49. The van der Waals surface area contributed by atoms with Gasteiger partial charge in [-0.3, -0.25) is 9.78 Å². The fourth-order valence-corrected chi connectivity index (χ4v) is 3.35. The Labute approximate surface area is 138 Å². The first-order valence-corrected chi connectivity index (χ1v) is 8.49. The van der Waals surface area contributed by atoms with Gasteiger partial charge in [0.2, 0.25) is 0 Å². The van der Waals surface area contributed by atoms with Crippen molar-refractivity contribution in [2.24, 2.45) is 5.92 Å². The van der Waals surface area contributed by atoms with Crippen molar-refractivity contribution in [1.29, 1.82) is 0 Å². The molecule has 0 aliphatic heterocycles. The Morgan fingerprint density at radius 2 is 1.83 bits per heavy atom. The summed E-state index contributed by atoms with van der Waals surface area (Å²) in [6.45, 7) is 4.14. The topological polar surface area (TPSA) is 42.0 Å². The normalized spacial score (nSPS) is 21.0. The molecule has 0 radical (unpaired) electrons. The van der Waals surface area contributed by atoms with Crippen LogP contribution in [0.25, 0.3) is 11.3 Å². The van der Waals surface area contributed by atoms with Gasteiger partial charge in [0.25, 0.3) is 5.91 Å². The lowest BCUT2D eigenvalue weighted by atomic mass is 9.86. The molecule has 1 amide bonds. The Morgan fingerprint density at radius 1 is 1.09 bits per heavy atom. The summed E-state index contributed by atoms with van der Waals surface area (Å²) in [7, 11) is 0. The molecule has 120 valence electrons. The lowest BCUT2D eigenvalue weighted by Crippen LogP contribution is -2.41. The number of aromatic nitrogens is 1. The summed E-state index contributed by atoms with van der Waals surface area (Å²) < 4.78 is 0. The van der Waals surface area contributed by atoms with Crippen LogP contribution in [-0.4, -0.2) is 16.9 Å². The Hall–Kier alpha value is -2.16. The molecule has 2 aromatic rings. The molecule has 3 rings (SSSR count). The molecule has 1 heterocycles. The van der Waals surface area contributed by atoms with Crippen LogP contribution in [0.5, 0.6) is 0 Å². The Balaban J connectivity index is 1.76. The van der Waals surface area contributed by atoms with Crippen molar-refractivity contribution in [2.45, 2.75) is 45.6 Å². The Bertz CT molecular complexity index is 681. The van der Waals surface area contributed by atoms with Crippen LogP contribution in [0.3, 0.4) is 0 Å². The summed E-state index contributed by atoms with van der Waals surface area (Å²) in [6, 6.07) is 14.2. The average molecular weight is 308 g/mol. The number of hydrogen-bond acceptors (Lipinski definition) is 2. The fraction of sp³-hybridized carbons (Fsp3) is 0.400. The second-order valence-corrected chi connectivity index (χ2v) is 6.54. The number of carbonyl (C=O) groups excluding carboxylic acids is 1. The van der Waals surface area contributed by atoms with Crippen LogP contribution in [0, 0.1) is 12.8 Å². The fourth-order valence-electron chi connectivity index (χ4n) is 3.35. The van der Waals surface area contributed by atoms with Gasteiger partial charge in [0.15, 0.2) is 0 Å². The van der Waals surface area contributed by atoms with Crippen molar-refractivity contribution in [2.75, 3.05) is 0 Å². The summed E-state index contributed by atoms with van der Waals surface area (Å²) in [5.74, 6) is 0.568. The Morgan fingerprint density at radius 3 is 2.52 bits per heavy atom. The zero-order valence-corrected chi connectivity index (χ0v) is 13.9. The van der Waals surface area contributed by atoms with E-state index in [0.29, 0.717) is 17.5 Å². The average Bonchev–Trinajstić information content (AvgIpc) is 2.57. The maximum Gasteiger partial charge on any atom is 0.253 e. The Kier molecular flexibility index (Phi) is 4.75. The van der Waals surface area contributed by atoms with Crippen LogP contribution in [0.4, 0.5) is 0 Å². The molecule has 23 heavy (non-hydrogen) atoms. The minimum absolute atomic E-state index is 0.00774. The largest absolute Gasteiger partial charge is 0.349 e.